The molecule has 0 radical (unpaired) electrons. The lowest BCUT2D eigenvalue weighted by Gasteiger charge is -2.15. The molecule has 21 heavy (non-hydrogen) atoms. The average Bonchev–Trinajstić information content (AvgIpc) is 2.39. The number of aromatic nitrogens is 2. The summed E-state index contributed by atoms with van der Waals surface area (Å²) in [5.41, 5.74) is 2.01. The summed E-state index contributed by atoms with van der Waals surface area (Å²) in [4.78, 5) is 27.7. The van der Waals surface area contributed by atoms with Crippen molar-refractivity contribution < 1.29 is 9.90 Å². The smallest absolute Gasteiger partial charge is 0.316 e. The number of nitrogens with zero attached hydrogens (tertiary/aromatic N) is 2. The summed E-state index contributed by atoms with van der Waals surface area (Å²) in [6.45, 7) is 5.64. The van der Waals surface area contributed by atoms with Crippen LogP contribution in [0.15, 0.2) is 29.2 Å². The van der Waals surface area contributed by atoms with Crippen molar-refractivity contribution >= 4 is 23.4 Å². The Morgan fingerprint density at radius 1 is 1.48 bits per heavy atom. The fourth-order valence-corrected chi connectivity index (χ4v) is 3.13. The van der Waals surface area contributed by atoms with Gasteiger partial charge in [-0.2, -0.15) is 0 Å². The van der Waals surface area contributed by atoms with Gasteiger partial charge in [-0.1, -0.05) is 19.9 Å². The minimum Gasteiger partial charge on any atom is -0.480 e. The molecule has 2 rings (SSSR count). The van der Waals surface area contributed by atoms with Crippen molar-refractivity contribution in [1.29, 1.82) is 0 Å². The van der Waals surface area contributed by atoms with E-state index in [1.54, 1.807) is 12.3 Å². The first-order valence-electron chi connectivity index (χ1n) is 6.72. The van der Waals surface area contributed by atoms with Crippen LogP contribution in [0.4, 0.5) is 0 Å². The topological polar surface area (TPSA) is 71.7 Å². The summed E-state index contributed by atoms with van der Waals surface area (Å²) in [5, 5.41) is 8.69. The van der Waals surface area contributed by atoms with Gasteiger partial charge in [-0.25, -0.2) is 4.98 Å². The van der Waals surface area contributed by atoms with E-state index in [0.29, 0.717) is 17.1 Å². The summed E-state index contributed by atoms with van der Waals surface area (Å²) < 4.78 is 1.50. The maximum Gasteiger partial charge on any atom is 0.316 e. The molecular weight excluding hydrogens is 288 g/mol. The zero-order chi connectivity index (χ0) is 15.6. The van der Waals surface area contributed by atoms with E-state index < -0.39 is 11.2 Å². The molecule has 0 spiro atoms. The van der Waals surface area contributed by atoms with Gasteiger partial charge in [0.2, 0.25) is 0 Å². The minimum absolute atomic E-state index is 0.0239. The molecule has 0 saturated heterocycles. The van der Waals surface area contributed by atoms with Crippen LogP contribution in [-0.4, -0.2) is 25.7 Å². The van der Waals surface area contributed by atoms with Crippen LogP contribution in [0.25, 0.3) is 5.65 Å². The first-order valence-corrected chi connectivity index (χ1v) is 7.77. The fourth-order valence-electron chi connectivity index (χ4n) is 2.11. The molecule has 0 aliphatic heterocycles. The first kappa shape index (κ1) is 15.6. The highest BCUT2D eigenvalue weighted by atomic mass is 32.2. The summed E-state index contributed by atoms with van der Waals surface area (Å²) in [5.74, 6) is -0.394. The number of aliphatic carboxylic acids is 1. The van der Waals surface area contributed by atoms with Crippen LogP contribution in [0.3, 0.4) is 0 Å². The summed E-state index contributed by atoms with van der Waals surface area (Å²) >= 11 is 1.30. The molecular formula is C15H18N2O3S. The number of rotatable bonds is 5. The third-order valence-electron chi connectivity index (χ3n) is 3.20. The van der Waals surface area contributed by atoms with E-state index in [2.05, 4.69) is 4.98 Å². The van der Waals surface area contributed by atoms with E-state index in [1.807, 2.05) is 26.8 Å². The van der Waals surface area contributed by atoms with Crippen molar-refractivity contribution in [1.82, 2.24) is 9.38 Å². The number of carbonyl (C=O) groups is 1. The van der Waals surface area contributed by atoms with Crippen LogP contribution in [-0.2, 0) is 10.5 Å². The highest BCUT2D eigenvalue weighted by molar-refractivity contribution is 7.99. The average molecular weight is 306 g/mol. The number of hydrogen-bond donors (Lipinski definition) is 1. The Hall–Kier alpha value is -1.82. The molecule has 2 heterocycles. The number of hydrogen-bond acceptors (Lipinski definition) is 4. The van der Waals surface area contributed by atoms with E-state index in [1.165, 1.54) is 22.2 Å². The van der Waals surface area contributed by atoms with Gasteiger partial charge in [-0.15, -0.1) is 11.8 Å². The molecule has 0 bridgehead atoms. The predicted octanol–water partition coefficient (Wildman–Crippen LogP) is 2.35. The molecule has 0 aromatic carbocycles. The van der Waals surface area contributed by atoms with Crippen LogP contribution < -0.4 is 5.56 Å². The van der Waals surface area contributed by atoms with Gasteiger partial charge in [-0.05, 0) is 24.5 Å². The van der Waals surface area contributed by atoms with Crippen molar-refractivity contribution in [3.8, 4) is 0 Å². The number of carboxylic acid groups (broad SMARTS) is 1. The van der Waals surface area contributed by atoms with Crippen LogP contribution in [0, 0.1) is 12.8 Å². The van der Waals surface area contributed by atoms with Crippen molar-refractivity contribution in [3.05, 3.63) is 46.0 Å². The molecule has 0 aliphatic rings. The van der Waals surface area contributed by atoms with Crippen molar-refractivity contribution in [2.24, 2.45) is 5.92 Å². The second-order valence-corrected chi connectivity index (χ2v) is 6.41. The first-order chi connectivity index (χ1) is 9.90. The van der Waals surface area contributed by atoms with Gasteiger partial charge >= 0.3 is 5.97 Å². The molecule has 1 unspecified atom stereocenters. The van der Waals surface area contributed by atoms with Gasteiger partial charge in [0.15, 0.2) is 0 Å². The van der Waals surface area contributed by atoms with E-state index in [-0.39, 0.29) is 11.5 Å². The lowest BCUT2D eigenvalue weighted by molar-refractivity contribution is -0.137. The Bertz CT molecular complexity index is 724. The lowest BCUT2D eigenvalue weighted by atomic mass is 10.1. The Labute approximate surface area is 127 Å². The van der Waals surface area contributed by atoms with Gasteiger partial charge in [0, 0.05) is 18.0 Å². The van der Waals surface area contributed by atoms with Gasteiger partial charge in [0.1, 0.15) is 10.9 Å². The second-order valence-electron chi connectivity index (χ2n) is 5.28. The lowest BCUT2D eigenvalue weighted by Crippen LogP contribution is -2.23. The van der Waals surface area contributed by atoms with Gasteiger partial charge in [0.25, 0.3) is 5.56 Å². The Morgan fingerprint density at radius 2 is 2.19 bits per heavy atom. The van der Waals surface area contributed by atoms with Crippen molar-refractivity contribution in [2.75, 3.05) is 0 Å². The highest BCUT2D eigenvalue weighted by Crippen LogP contribution is 2.23. The van der Waals surface area contributed by atoms with Crippen LogP contribution in [0.1, 0.15) is 25.1 Å². The third kappa shape index (κ3) is 3.44. The largest absolute Gasteiger partial charge is 0.480 e. The molecule has 112 valence electrons. The van der Waals surface area contributed by atoms with Crippen LogP contribution in [0.2, 0.25) is 0 Å². The van der Waals surface area contributed by atoms with E-state index in [0.717, 1.165) is 5.56 Å². The summed E-state index contributed by atoms with van der Waals surface area (Å²) in [6.07, 6.45) is 1.68. The van der Waals surface area contributed by atoms with Crippen molar-refractivity contribution in [3.63, 3.8) is 0 Å². The number of fused-ring (bicyclic) bond motifs is 1. The van der Waals surface area contributed by atoms with E-state index in [4.69, 9.17) is 0 Å². The molecule has 2 aromatic rings. The SMILES string of the molecule is Cc1cccn2c(=O)cc(CSC(C(=O)O)C(C)C)nc12. The number of carboxylic acids is 1. The Balaban J connectivity index is 2.29. The predicted molar refractivity (Wildman–Crippen MR) is 83.8 cm³/mol. The molecule has 0 aliphatic carbocycles. The summed E-state index contributed by atoms with van der Waals surface area (Å²) in [6, 6.07) is 5.17. The Kier molecular flexibility index (Phi) is 4.67. The number of pyridine rings is 1. The van der Waals surface area contributed by atoms with E-state index >= 15 is 0 Å². The molecule has 0 fully saturated rings. The van der Waals surface area contributed by atoms with Gasteiger partial charge in [0.05, 0.1) is 5.69 Å². The monoisotopic (exact) mass is 306 g/mol. The van der Waals surface area contributed by atoms with Crippen molar-refractivity contribution in [2.45, 2.75) is 31.8 Å². The standard InChI is InChI=1S/C15H18N2O3S/c1-9(2)13(15(19)20)21-8-11-7-12(18)17-6-4-5-10(3)14(17)16-11/h4-7,9,13H,8H2,1-3H3,(H,19,20). The van der Waals surface area contributed by atoms with Gasteiger partial charge in [-0.3, -0.25) is 14.0 Å². The van der Waals surface area contributed by atoms with Crippen LogP contribution >= 0.6 is 11.8 Å². The highest BCUT2D eigenvalue weighted by Gasteiger charge is 2.22. The maximum atomic E-state index is 12.1. The number of aryl methyl sites for hydroxylation is 1. The zero-order valence-electron chi connectivity index (χ0n) is 12.2. The molecule has 1 N–H and O–H groups in total. The molecule has 5 nitrogen and oxygen atoms in total. The fraction of sp³-hybridized carbons (Fsp3) is 0.400. The van der Waals surface area contributed by atoms with Gasteiger partial charge < -0.3 is 5.11 Å². The second kappa shape index (κ2) is 6.30. The minimum atomic E-state index is -0.830. The quantitative estimate of drug-likeness (QED) is 0.918. The third-order valence-corrected chi connectivity index (χ3v) is 4.77. The molecule has 1 atom stereocenters. The molecule has 2 aromatic heterocycles. The number of thioether (sulfide) groups is 1. The molecule has 6 heteroatoms. The summed E-state index contributed by atoms with van der Waals surface area (Å²) in [7, 11) is 0. The normalized spacial score (nSPS) is 12.8. The maximum absolute atomic E-state index is 12.1. The Morgan fingerprint density at radius 3 is 2.81 bits per heavy atom. The van der Waals surface area contributed by atoms with E-state index in [9.17, 15) is 14.7 Å². The van der Waals surface area contributed by atoms with Crippen LogP contribution in [0.5, 0.6) is 0 Å². The molecule has 0 amide bonds. The molecule has 0 saturated carbocycles. The zero-order valence-corrected chi connectivity index (χ0v) is 13.1.